The molecule has 8 nitrogen and oxygen atoms in total. The molecule has 8 aromatic rings. The highest BCUT2D eigenvalue weighted by atomic mass is 16.5. The van der Waals surface area contributed by atoms with Crippen LogP contribution in [0.3, 0.4) is 0 Å². The van der Waals surface area contributed by atoms with Gasteiger partial charge in [0.25, 0.3) is 0 Å². The lowest BCUT2D eigenvalue weighted by Gasteiger charge is -2.09. The molecule has 0 saturated carbocycles. The fourth-order valence-corrected chi connectivity index (χ4v) is 6.54. The summed E-state index contributed by atoms with van der Waals surface area (Å²) in [5, 5.41) is 3.92. The molecule has 8 N–H and O–H groups in total. The Kier molecular flexibility index (Phi) is 7.59. The second-order valence-corrected chi connectivity index (χ2v) is 12.7. The van der Waals surface area contributed by atoms with Gasteiger partial charge >= 0.3 is 0 Å². The van der Waals surface area contributed by atoms with Crippen LogP contribution in [0.1, 0.15) is 33.9 Å². The third-order valence-electron chi connectivity index (χ3n) is 9.05. The van der Waals surface area contributed by atoms with Gasteiger partial charge in [0.15, 0.2) is 0 Å². The van der Waals surface area contributed by atoms with Gasteiger partial charge in [-0.2, -0.15) is 0 Å². The van der Waals surface area contributed by atoms with E-state index in [4.69, 9.17) is 20.9 Å². The molecule has 1 aliphatic rings. The molecule has 0 atom stereocenters. The lowest BCUT2D eigenvalue weighted by Crippen LogP contribution is -2.15. The predicted octanol–water partition coefficient (Wildman–Crippen LogP) is 6.21. The Morgan fingerprint density at radius 3 is 1.10 bits per heavy atom. The number of benzene rings is 4. The number of anilines is 2. The SMILES string of the molecule is Nc1ccc(Oc2ccc(C3=c4ccc([nH]4)=Cc4ccc([nH]4)C(c4ccc(Oc5ccc(N)cc5)cc4)=c4ccc([nH]4)=Cc4ccc3[nH]4)cc2)cc1. The molecule has 0 unspecified atom stereocenters. The van der Waals surface area contributed by atoms with Crippen LogP contribution in [0.4, 0.5) is 11.4 Å². The maximum atomic E-state index is 6.08. The highest BCUT2D eigenvalue weighted by Crippen LogP contribution is 2.28. The van der Waals surface area contributed by atoms with Crippen LogP contribution in [-0.2, 0) is 0 Å². The fourth-order valence-electron chi connectivity index (χ4n) is 6.54. The Labute approximate surface area is 298 Å². The first-order valence-electron chi connectivity index (χ1n) is 17.0. The molecule has 1 aliphatic heterocycles. The minimum Gasteiger partial charge on any atom is -0.457 e. The average Bonchev–Trinajstić information content (AvgIpc) is 3.99. The van der Waals surface area contributed by atoms with E-state index in [2.05, 4.69) is 105 Å². The molecule has 52 heavy (non-hydrogen) atoms. The van der Waals surface area contributed by atoms with Crippen molar-refractivity contribution in [3.8, 4) is 23.0 Å². The quantitative estimate of drug-likeness (QED) is 0.117. The normalized spacial score (nSPS) is 12.2. The number of rotatable bonds is 6. The Bertz CT molecular complexity index is 2590. The number of nitrogens with one attached hydrogen (secondary N) is 4. The van der Waals surface area contributed by atoms with Crippen molar-refractivity contribution in [2.24, 2.45) is 0 Å². The maximum Gasteiger partial charge on any atom is 0.127 e. The number of aromatic nitrogens is 4. The summed E-state index contributed by atoms with van der Waals surface area (Å²) in [6, 6.07) is 47.9. The summed E-state index contributed by atoms with van der Waals surface area (Å²) in [6.45, 7) is 0. The smallest absolute Gasteiger partial charge is 0.127 e. The topological polar surface area (TPSA) is 134 Å². The Hall–Kier alpha value is -7.32. The molecule has 252 valence electrons. The number of hydrogen-bond donors (Lipinski definition) is 6. The van der Waals surface area contributed by atoms with Crippen LogP contribution in [0.25, 0.3) is 23.3 Å². The molecule has 0 spiro atoms. The minimum atomic E-state index is 0.699. The van der Waals surface area contributed by atoms with Gasteiger partial charge in [-0.05, 0) is 145 Å². The first-order chi connectivity index (χ1) is 25.5. The van der Waals surface area contributed by atoms with Crippen molar-refractivity contribution < 1.29 is 9.47 Å². The lowest BCUT2D eigenvalue weighted by molar-refractivity contribution is 0.482. The van der Waals surface area contributed by atoms with Crippen LogP contribution in [0.15, 0.2) is 146 Å². The maximum absolute atomic E-state index is 6.08. The number of fused-ring (bicyclic) bond motifs is 8. The molecule has 4 aromatic heterocycles. The number of hydrogen-bond acceptors (Lipinski definition) is 4. The summed E-state index contributed by atoms with van der Waals surface area (Å²) < 4.78 is 12.2. The summed E-state index contributed by atoms with van der Waals surface area (Å²) in [5.41, 5.74) is 21.2. The molecular weight excluding hydrogens is 645 g/mol. The van der Waals surface area contributed by atoms with Gasteiger partial charge in [-0.1, -0.05) is 24.3 Å². The van der Waals surface area contributed by atoms with E-state index < -0.39 is 0 Å². The van der Waals surface area contributed by atoms with Crippen LogP contribution in [0.5, 0.6) is 23.0 Å². The zero-order valence-corrected chi connectivity index (χ0v) is 28.0. The minimum absolute atomic E-state index is 0.699. The molecule has 8 bridgehead atoms. The van der Waals surface area contributed by atoms with Gasteiger partial charge in [-0.3, -0.25) is 0 Å². The highest BCUT2D eigenvalue weighted by molar-refractivity contribution is 5.79. The predicted molar refractivity (Wildman–Crippen MR) is 207 cm³/mol. The van der Waals surface area contributed by atoms with Crippen molar-refractivity contribution in [2.75, 3.05) is 11.5 Å². The Morgan fingerprint density at radius 1 is 0.346 bits per heavy atom. The van der Waals surface area contributed by atoms with E-state index in [9.17, 15) is 0 Å². The Balaban J connectivity index is 1.11. The van der Waals surface area contributed by atoms with Gasteiger partial charge in [0.1, 0.15) is 23.0 Å². The van der Waals surface area contributed by atoms with Crippen molar-refractivity contribution >= 4 is 34.7 Å². The summed E-state index contributed by atoms with van der Waals surface area (Å²) in [4.78, 5) is 14.6. The third-order valence-corrected chi connectivity index (χ3v) is 9.05. The van der Waals surface area contributed by atoms with E-state index in [0.717, 1.165) is 89.4 Å². The standard InChI is InChI=1S/C44H34N6O2/c45-29-5-17-37(18-6-29)51-35-13-1-27(2-14-35)43-39-21-9-31(47-39)25-33-11-23-41(49-33)44(42-24-12-34(50-42)26-32-10-22-40(43)48-32)28-3-15-36(16-4-28)52-38-19-7-30(46)8-20-38/h1-26,47-50H,45-46H2. The van der Waals surface area contributed by atoms with Crippen LogP contribution in [0, 0.1) is 0 Å². The number of H-pyrrole nitrogens is 4. The fraction of sp³-hybridized carbons (Fsp3) is 0. The number of nitrogen functional groups attached to an aromatic ring is 2. The van der Waals surface area contributed by atoms with Crippen molar-refractivity contribution in [1.29, 1.82) is 0 Å². The highest BCUT2D eigenvalue weighted by Gasteiger charge is 2.13. The van der Waals surface area contributed by atoms with Gasteiger partial charge in [-0.15, -0.1) is 0 Å². The second kappa shape index (κ2) is 12.9. The summed E-state index contributed by atoms with van der Waals surface area (Å²) >= 11 is 0. The molecule has 0 radical (unpaired) electrons. The molecule has 9 rings (SSSR count). The lowest BCUT2D eigenvalue weighted by atomic mass is 10.0. The first-order valence-corrected chi connectivity index (χ1v) is 17.0. The molecule has 0 amide bonds. The second-order valence-electron chi connectivity index (χ2n) is 12.7. The summed E-state index contributed by atoms with van der Waals surface area (Å²) in [5.74, 6) is 2.95. The molecule has 0 aliphatic carbocycles. The number of nitrogens with two attached hydrogens (primary N) is 2. The van der Waals surface area contributed by atoms with Crippen molar-refractivity contribution in [3.63, 3.8) is 0 Å². The van der Waals surface area contributed by atoms with Gasteiger partial charge in [0, 0.05) is 66.7 Å². The van der Waals surface area contributed by atoms with Gasteiger partial charge < -0.3 is 40.9 Å². The number of aromatic amines is 4. The molecule has 0 fully saturated rings. The van der Waals surface area contributed by atoms with Crippen LogP contribution in [0.2, 0.25) is 0 Å². The van der Waals surface area contributed by atoms with E-state index in [1.54, 1.807) is 0 Å². The van der Waals surface area contributed by atoms with Crippen molar-refractivity contribution in [1.82, 2.24) is 19.9 Å². The zero-order chi connectivity index (χ0) is 35.0. The van der Waals surface area contributed by atoms with E-state index in [-0.39, 0.29) is 0 Å². The zero-order valence-electron chi connectivity index (χ0n) is 28.0. The monoisotopic (exact) mass is 678 g/mol. The Morgan fingerprint density at radius 2 is 0.712 bits per heavy atom. The van der Waals surface area contributed by atoms with Crippen molar-refractivity contribution in [2.45, 2.75) is 0 Å². The van der Waals surface area contributed by atoms with Gasteiger partial charge in [-0.25, -0.2) is 0 Å². The molecule has 4 aromatic carbocycles. The van der Waals surface area contributed by atoms with Crippen molar-refractivity contribution in [3.05, 3.63) is 201 Å². The van der Waals surface area contributed by atoms with Crippen LogP contribution in [-0.4, -0.2) is 19.9 Å². The molecular formula is C44H34N6O2. The molecule has 0 saturated heterocycles. The third kappa shape index (κ3) is 6.28. The number of ether oxygens (including phenoxy) is 2. The van der Waals surface area contributed by atoms with Gasteiger partial charge in [0.2, 0.25) is 0 Å². The van der Waals surface area contributed by atoms with Gasteiger partial charge in [0.05, 0.1) is 0 Å². The van der Waals surface area contributed by atoms with E-state index in [1.807, 2.05) is 72.8 Å². The van der Waals surface area contributed by atoms with E-state index in [0.29, 0.717) is 11.4 Å². The van der Waals surface area contributed by atoms with E-state index >= 15 is 0 Å². The summed E-state index contributed by atoms with van der Waals surface area (Å²) in [7, 11) is 0. The molecule has 8 heteroatoms. The largest absolute Gasteiger partial charge is 0.457 e. The average molecular weight is 679 g/mol. The molecule has 5 heterocycles. The van der Waals surface area contributed by atoms with Crippen LogP contribution >= 0.6 is 0 Å². The van der Waals surface area contributed by atoms with Crippen LogP contribution < -0.4 is 42.3 Å². The summed E-state index contributed by atoms with van der Waals surface area (Å²) in [6.07, 6.45) is 4.24. The first kappa shape index (κ1) is 30.7. The van der Waals surface area contributed by atoms with E-state index in [1.165, 1.54) is 0 Å².